The SMILES string of the molecule is CC[C@H](C)NS(=O)(=O)c1cccc(NS(=O)(=O)c2ccc(C)cc2C)c1. The van der Waals surface area contributed by atoms with Crippen LogP contribution in [0, 0.1) is 13.8 Å². The molecule has 0 bridgehead atoms. The molecule has 0 radical (unpaired) electrons. The van der Waals surface area contributed by atoms with Gasteiger partial charge in [-0.3, -0.25) is 4.72 Å². The van der Waals surface area contributed by atoms with Gasteiger partial charge in [0.15, 0.2) is 0 Å². The fourth-order valence-electron chi connectivity index (χ4n) is 2.45. The first-order valence-corrected chi connectivity index (χ1v) is 11.2. The smallest absolute Gasteiger partial charge is 0.262 e. The Morgan fingerprint density at radius 2 is 1.65 bits per heavy atom. The monoisotopic (exact) mass is 396 g/mol. The summed E-state index contributed by atoms with van der Waals surface area (Å²) < 4.78 is 55.1. The molecule has 142 valence electrons. The van der Waals surface area contributed by atoms with E-state index in [0.29, 0.717) is 12.0 Å². The number of rotatable bonds is 7. The van der Waals surface area contributed by atoms with Gasteiger partial charge < -0.3 is 0 Å². The van der Waals surface area contributed by atoms with Crippen LogP contribution in [-0.4, -0.2) is 22.9 Å². The lowest BCUT2D eigenvalue weighted by Gasteiger charge is -2.14. The zero-order chi connectivity index (χ0) is 19.5. The van der Waals surface area contributed by atoms with Crippen LogP contribution >= 0.6 is 0 Å². The van der Waals surface area contributed by atoms with Gasteiger partial charge in [0.2, 0.25) is 10.0 Å². The molecule has 0 aromatic heterocycles. The third-order valence-electron chi connectivity index (χ3n) is 3.99. The first-order chi connectivity index (χ1) is 12.0. The average molecular weight is 397 g/mol. The summed E-state index contributed by atoms with van der Waals surface area (Å²) in [5.41, 5.74) is 1.78. The number of hydrogen-bond acceptors (Lipinski definition) is 4. The molecule has 0 saturated carbocycles. The number of anilines is 1. The molecule has 0 aliphatic carbocycles. The second-order valence-electron chi connectivity index (χ2n) is 6.33. The van der Waals surface area contributed by atoms with Crippen LogP contribution in [0.15, 0.2) is 52.3 Å². The van der Waals surface area contributed by atoms with Gasteiger partial charge in [-0.05, 0) is 57.0 Å². The quantitative estimate of drug-likeness (QED) is 0.752. The van der Waals surface area contributed by atoms with Gasteiger partial charge in [-0.2, -0.15) is 0 Å². The Labute approximate surface area is 155 Å². The van der Waals surface area contributed by atoms with Crippen LogP contribution in [0.25, 0.3) is 0 Å². The number of nitrogens with one attached hydrogen (secondary N) is 2. The van der Waals surface area contributed by atoms with Crippen molar-refractivity contribution in [3.8, 4) is 0 Å². The maximum atomic E-state index is 12.6. The van der Waals surface area contributed by atoms with Crippen molar-refractivity contribution in [1.29, 1.82) is 0 Å². The van der Waals surface area contributed by atoms with Crippen LogP contribution in [0.1, 0.15) is 31.4 Å². The molecule has 0 aliphatic rings. The third kappa shape index (κ3) is 4.84. The molecule has 2 aromatic rings. The van der Waals surface area contributed by atoms with Gasteiger partial charge >= 0.3 is 0 Å². The van der Waals surface area contributed by atoms with Gasteiger partial charge in [0.1, 0.15) is 0 Å². The fourth-order valence-corrected chi connectivity index (χ4v) is 5.10. The second kappa shape index (κ2) is 7.77. The number of benzene rings is 2. The first kappa shape index (κ1) is 20.4. The van der Waals surface area contributed by atoms with Crippen molar-refractivity contribution in [3.63, 3.8) is 0 Å². The van der Waals surface area contributed by atoms with Crippen LogP contribution in [-0.2, 0) is 20.0 Å². The molecule has 6 nitrogen and oxygen atoms in total. The highest BCUT2D eigenvalue weighted by atomic mass is 32.2. The van der Waals surface area contributed by atoms with E-state index in [1.165, 1.54) is 30.3 Å². The summed E-state index contributed by atoms with van der Waals surface area (Å²) in [5, 5.41) is 0. The Balaban J connectivity index is 2.33. The Morgan fingerprint density at radius 3 is 2.27 bits per heavy atom. The molecule has 0 aliphatic heterocycles. The van der Waals surface area contributed by atoms with Gasteiger partial charge in [-0.1, -0.05) is 30.7 Å². The Kier molecular flexibility index (Phi) is 6.10. The molecule has 2 N–H and O–H groups in total. The van der Waals surface area contributed by atoms with E-state index in [0.717, 1.165) is 5.56 Å². The van der Waals surface area contributed by atoms with E-state index in [2.05, 4.69) is 9.44 Å². The largest absolute Gasteiger partial charge is 0.280 e. The van der Waals surface area contributed by atoms with Gasteiger partial charge in [-0.25, -0.2) is 21.6 Å². The zero-order valence-corrected chi connectivity index (χ0v) is 16.9. The summed E-state index contributed by atoms with van der Waals surface area (Å²) in [6.45, 7) is 7.25. The molecule has 0 saturated heterocycles. The van der Waals surface area contributed by atoms with Crippen LogP contribution in [0.4, 0.5) is 5.69 Å². The predicted octanol–water partition coefficient (Wildman–Crippen LogP) is 3.18. The highest BCUT2D eigenvalue weighted by Crippen LogP contribution is 2.22. The third-order valence-corrected chi connectivity index (χ3v) is 7.11. The molecule has 1 atom stereocenters. The Bertz CT molecular complexity index is 1000. The minimum absolute atomic E-state index is 0.0126. The summed E-state index contributed by atoms with van der Waals surface area (Å²) in [6, 6.07) is 10.6. The molecule has 0 spiro atoms. The van der Waals surface area contributed by atoms with E-state index in [9.17, 15) is 16.8 Å². The van der Waals surface area contributed by atoms with Gasteiger partial charge in [0.05, 0.1) is 15.5 Å². The van der Waals surface area contributed by atoms with E-state index in [4.69, 9.17) is 0 Å². The summed E-state index contributed by atoms with van der Waals surface area (Å²) in [4.78, 5) is 0.174. The molecule has 2 rings (SSSR count). The maximum Gasteiger partial charge on any atom is 0.262 e. The normalized spacial score (nSPS) is 13.4. The summed E-state index contributed by atoms with van der Waals surface area (Å²) in [6.07, 6.45) is 0.651. The Hall–Kier alpha value is -1.90. The van der Waals surface area contributed by atoms with Crippen molar-refractivity contribution in [2.24, 2.45) is 0 Å². The van der Waals surface area contributed by atoms with Crippen LogP contribution in [0.5, 0.6) is 0 Å². The minimum atomic E-state index is -3.82. The first-order valence-electron chi connectivity index (χ1n) is 8.27. The van der Waals surface area contributed by atoms with Crippen molar-refractivity contribution in [3.05, 3.63) is 53.6 Å². The molecule has 26 heavy (non-hydrogen) atoms. The molecule has 8 heteroatoms. The van der Waals surface area contributed by atoms with Gasteiger partial charge in [-0.15, -0.1) is 0 Å². The molecule has 0 unspecified atom stereocenters. The molecule has 0 fully saturated rings. The average Bonchev–Trinajstić information content (AvgIpc) is 2.53. The lowest BCUT2D eigenvalue weighted by Crippen LogP contribution is -2.32. The van der Waals surface area contributed by atoms with Gasteiger partial charge in [0, 0.05) is 6.04 Å². The lowest BCUT2D eigenvalue weighted by atomic mass is 10.2. The molecule has 0 heterocycles. The standard InChI is InChI=1S/C18H24N2O4S2/c1-5-15(4)19-25(21,22)17-8-6-7-16(12-17)20-26(23,24)18-10-9-13(2)11-14(18)3/h6-12,15,19-20H,5H2,1-4H3/t15-/m0/s1. The van der Waals surface area contributed by atoms with Crippen molar-refractivity contribution in [2.75, 3.05) is 4.72 Å². The maximum absolute atomic E-state index is 12.6. The van der Waals surface area contributed by atoms with E-state index >= 15 is 0 Å². The van der Waals surface area contributed by atoms with Crippen molar-refractivity contribution in [1.82, 2.24) is 4.72 Å². The van der Waals surface area contributed by atoms with Crippen molar-refractivity contribution >= 4 is 25.7 Å². The molecule has 0 amide bonds. The summed E-state index contributed by atoms with van der Waals surface area (Å²) in [5.74, 6) is 0. The minimum Gasteiger partial charge on any atom is -0.280 e. The number of sulfonamides is 2. The van der Waals surface area contributed by atoms with Gasteiger partial charge in [0.25, 0.3) is 10.0 Å². The molecular formula is C18H24N2O4S2. The van der Waals surface area contributed by atoms with Crippen LogP contribution in [0.3, 0.4) is 0 Å². The predicted molar refractivity (Wildman–Crippen MR) is 103 cm³/mol. The lowest BCUT2D eigenvalue weighted by molar-refractivity contribution is 0.556. The van der Waals surface area contributed by atoms with Crippen LogP contribution < -0.4 is 9.44 Å². The zero-order valence-electron chi connectivity index (χ0n) is 15.3. The van der Waals surface area contributed by atoms with E-state index in [1.54, 1.807) is 26.0 Å². The topological polar surface area (TPSA) is 92.3 Å². The Morgan fingerprint density at radius 1 is 0.962 bits per heavy atom. The van der Waals surface area contributed by atoms with Crippen molar-refractivity contribution in [2.45, 2.75) is 49.9 Å². The van der Waals surface area contributed by atoms with Crippen molar-refractivity contribution < 1.29 is 16.8 Å². The van der Waals surface area contributed by atoms with Crippen LogP contribution in [0.2, 0.25) is 0 Å². The van der Waals surface area contributed by atoms with E-state index < -0.39 is 20.0 Å². The van der Waals surface area contributed by atoms with E-state index in [-0.39, 0.29) is 21.5 Å². The molecular weight excluding hydrogens is 372 g/mol. The summed E-state index contributed by atoms with van der Waals surface area (Å²) >= 11 is 0. The highest BCUT2D eigenvalue weighted by Gasteiger charge is 2.20. The van der Waals surface area contributed by atoms with E-state index in [1.807, 2.05) is 13.8 Å². The number of hydrogen-bond donors (Lipinski definition) is 2. The fraction of sp³-hybridized carbons (Fsp3) is 0.333. The molecule has 2 aromatic carbocycles. The highest BCUT2D eigenvalue weighted by molar-refractivity contribution is 7.92. The second-order valence-corrected chi connectivity index (χ2v) is 9.70. The summed E-state index contributed by atoms with van der Waals surface area (Å²) in [7, 11) is -7.53. The number of aryl methyl sites for hydroxylation is 2.